The molecule has 2 N–H and O–H groups in total. The van der Waals surface area contributed by atoms with Crippen molar-refractivity contribution >= 4 is 34.8 Å². The van der Waals surface area contributed by atoms with Gasteiger partial charge in [-0.05, 0) is 78.2 Å². The zero-order valence-corrected chi connectivity index (χ0v) is 21.9. The standard InChI is InChI=1S/C27H38N2O4S/c1-17-10-12-19(13-11-17)25(31)29(18(2)24(30)28-20-8-6-7-9-20)22-16-21(14-15-27(3,4)5)34-23(22)26(32)33/h16-20H,6-13H2,1-5H3,(H,28,30)(H,32,33)/t17?,18-,19?/m0/s1. The molecule has 6 nitrogen and oxygen atoms in total. The van der Waals surface area contributed by atoms with Crippen molar-refractivity contribution in [2.75, 3.05) is 4.90 Å². The predicted octanol–water partition coefficient (Wildman–Crippen LogP) is 5.45. The van der Waals surface area contributed by atoms with Crippen LogP contribution in [0.4, 0.5) is 5.69 Å². The topological polar surface area (TPSA) is 86.7 Å². The van der Waals surface area contributed by atoms with Crippen molar-refractivity contribution in [2.45, 2.75) is 98.1 Å². The van der Waals surface area contributed by atoms with Crippen molar-refractivity contribution in [3.8, 4) is 11.8 Å². The van der Waals surface area contributed by atoms with Crippen LogP contribution in [0.25, 0.3) is 0 Å². The molecule has 186 valence electrons. The molecule has 0 unspecified atom stereocenters. The van der Waals surface area contributed by atoms with Crippen LogP contribution in [0.5, 0.6) is 0 Å². The highest BCUT2D eigenvalue weighted by Gasteiger charge is 2.37. The third-order valence-electron chi connectivity index (χ3n) is 6.80. The summed E-state index contributed by atoms with van der Waals surface area (Å²) in [6.07, 6.45) is 7.51. The number of rotatable bonds is 6. The smallest absolute Gasteiger partial charge is 0.348 e. The number of nitrogens with zero attached hydrogens (tertiary/aromatic N) is 1. The van der Waals surface area contributed by atoms with Crippen molar-refractivity contribution in [1.29, 1.82) is 0 Å². The Kier molecular flexibility index (Phi) is 8.46. The molecule has 2 fully saturated rings. The first kappa shape index (κ1) is 26.3. The third kappa shape index (κ3) is 6.63. The van der Waals surface area contributed by atoms with Gasteiger partial charge in [0.25, 0.3) is 0 Å². The Hall–Kier alpha value is -2.33. The maximum atomic E-state index is 13.8. The summed E-state index contributed by atoms with van der Waals surface area (Å²) in [5.41, 5.74) is 0.0458. The van der Waals surface area contributed by atoms with Crippen molar-refractivity contribution in [3.63, 3.8) is 0 Å². The molecule has 0 bridgehead atoms. The highest BCUT2D eigenvalue weighted by molar-refractivity contribution is 7.15. The summed E-state index contributed by atoms with van der Waals surface area (Å²) in [5.74, 6) is 5.09. The summed E-state index contributed by atoms with van der Waals surface area (Å²) in [6, 6.07) is 0.996. The Balaban J connectivity index is 1.98. The summed E-state index contributed by atoms with van der Waals surface area (Å²) in [6.45, 7) is 9.86. The van der Waals surface area contributed by atoms with Gasteiger partial charge in [0.1, 0.15) is 10.9 Å². The first-order chi connectivity index (χ1) is 16.0. The van der Waals surface area contributed by atoms with E-state index in [1.807, 2.05) is 20.8 Å². The van der Waals surface area contributed by atoms with Crippen molar-refractivity contribution in [3.05, 3.63) is 15.8 Å². The average Bonchev–Trinajstić information content (AvgIpc) is 3.42. The monoisotopic (exact) mass is 486 g/mol. The van der Waals surface area contributed by atoms with Gasteiger partial charge in [-0.3, -0.25) is 14.5 Å². The minimum atomic E-state index is -1.11. The van der Waals surface area contributed by atoms with E-state index in [1.54, 1.807) is 13.0 Å². The normalized spacial score (nSPS) is 21.9. The Morgan fingerprint density at radius 1 is 1.12 bits per heavy atom. The third-order valence-corrected chi connectivity index (χ3v) is 7.83. The quantitative estimate of drug-likeness (QED) is 0.524. The molecule has 1 aromatic heterocycles. The Morgan fingerprint density at radius 3 is 2.29 bits per heavy atom. The SMILES string of the molecule is CC1CCC(C(=O)N(c2cc(C#CC(C)(C)C)sc2C(=O)O)[C@@H](C)C(=O)NC2CCCC2)CC1. The number of carboxylic acids is 1. The Bertz CT molecular complexity index is 967. The van der Waals surface area contributed by atoms with Gasteiger partial charge in [0.05, 0.1) is 10.6 Å². The van der Waals surface area contributed by atoms with E-state index in [2.05, 4.69) is 24.1 Å². The zero-order chi connectivity index (χ0) is 25.0. The van der Waals surface area contributed by atoms with E-state index in [-0.39, 0.29) is 39.8 Å². The lowest BCUT2D eigenvalue weighted by molar-refractivity contribution is -0.129. The molecule has 3 rings (SSSR count). The van der Waals surface area contributed by atoms with E-state index in [0.717, 1.165) is 62.7 Å². The van der Waals surface area contributed by atoms with Crippen LogP contribution < -0.4 is 10.2 Å². The van der Waals surface area contributed by atoms with E-state index >= 15 is 0 Å². The molecule has 2 amide bonds. The molecule has 7 heteroatoms. The van der Waals surface area contributed by atoms with Crippen LogP contribution >= 0.6 is 11.3 Å². The van der Waals surface area contributed by atoms with Crippen molar-refractivity contribution in [1.82, 2.24) is 5.32 Å². The van der Waals surface area contributed by atoms with Gasteiger partial charge < -0.3 is 10.4 Å². The van der Waals surface area contributed by atoms with Gasteiger partial charge in [-0.2, -0.15) is 0 Å². The summed E-state index contributed by atoms with van der Waals surface area (Å²) in [7, 11) is 0. The molecule has 1 aromatic rings. The number of anilines is 1. The summed E-state index contributed by atoms with van der Waals surface area (Å²) < 4.78 is 0. The highest BCUT2D eigenvalue weighted by atomic mass is 32.1. The van der Waals surface area contributed by atoms with E-state index in [0.29, 0.717) is 10.8 Å². The first-order valence-corrected chi connectivity index (χ1v) is 13.3. The molecule has 1 atom stereocenters. The number of carbonyl (C=O) groups excluding carboxylic acids is 2. The molecule has 0 radical (unpaired) electrons. The minimum Gasteiger partial charge on any atom is -0.477 e. The van der Waals surface area contributed by atoms with Gasteiger partial charge >= 0.3 is 5.97 Å². The van der Waals surface area contributed by atoms with Gasteiger partial charge in [0.2, 0.25) is 11.8 Å². The average molecular weight is 487 g/mol. The number of thiophene rings is 1. The van der Waals surface area contributed by atoms with Gasteiger partial charge in [0, 0.05) is 17.4 Å². The summed E-state index contributed by atoms with van der Waals surface area (Å²) >= 11 is 1.06. The molecule has 2 saturated carbocycles. The zero-order valence-electron chi connectivity index (χ0n) is 21.1. The molecule has 0 saturated heterocycles. The van der Waals surface area contributed by atoms with E-state index in [1.165, 1.54) is 4.90 Å². The van der Waals surface area contributed by atoms with Crippen LogP contribution in [0.1, 0.15) is 101 Å². The predicted molar refractivity (Wildman–Crippen MR) is 136 cm³/mol. The number of aromatic carboxylic acids is 1. The number of nitrogens with one attached hydrogen (secondary N) is 1. The molecule has 2 aliphatic rings. The number of carbonyl (C=O) groups is 3. The molecule has 2 aliphatic carbocycles. The van der Waals surface area contributed by atoms with Crippen LogP contribution in [0.15, 0.2) is 6.07 Å². The van der Waals surface area contributed by atoms with E-state index in [4.69, 9.17) is 0 Å². The number of carboxylic acid groups (broad SMARTS) is 1. The second kappa shape index (κ2) is 10.9. The maximum absolute atomic E-state index is 13.8. The van der Waals surface area contributed by atoms with Crippen LogP contribution in [0.2, 0.25) is 0 Å². The lowest BCUT2D eigenvalue weighted by atomic mass is 9.82. The number of hydrogen-bond acceptors (Lipinski definition) is 4. The Morgan fingerprint density at radius 2 is 1.74 bits per heavy atom. The molecule has 0 aliphatic heterocycles. The second-order valence-electron chi connectivity index (χ2n) is 11.0. The number of hydrogen-bond donors (Lipinski definition) is 2. The molecule has 0 spiro atoms. The first-order valence-electron chi connectivity index (χ1n) is 12.5. The van der Waals surface area contributed by atoms with E-state index < -0.39 is 12.0 Å². The summed E-state index contributed by atoms with van der Waals surface area (Å²) in [4.78, 5) is 41.3. The fraction of sp³-hybridized carbons (Fsp3) is 0.667. The molecular formula is C27H38N2O4S. The fourth-order valence-electron chi connectivity index (χ4n) is 4.76. The van der Waals surface area contributed by atoms with Crippen LogP contribution in [0.3, 0.4) is 0 Å². The van der Waals surface area contributed by atoms with Gasteiger partial charge in [0.15, 0.2) is 0 Å². The fourth-order valence-corrected chi connectivity index (χ4v) is 5.60. The molecule has 1 heterocycles. The van der Waals surface area contributed by atoms with Crippen LogP contribution in [-0.2, 0) is 9.59 Å². The Labute approximate surface area is 207 Å². The van der Waals surface area contributed by atoms with Crippen LogP contribution in [0, 0.1) is 29.1 Å². The molecular weight excluding hydrogens is 448 g/mol. The minimum absolute atomic E-state index is 0.0521. The molecule has 34 heavy (non-hydrogen) atoms. The van der Waals surface area contributed by atoms with Gasteiger partial charge in [-0.25, -0.2) is 4.79 Å². The van der Waals surface area contributed by atoms with Gasteiger partial charge in [-0.15, -0.1) is 11.3 Å². The largest absolute Gasteiger partial charge is 0.477 e. The highest BCUT2D eigenvalue weighted by Crippen LogP contribution is 2.36. The second-order valence-corrected chi connectivity index (χ2v) is 12.0. The van der Waals surface area contributed by atoms with Crippen molar-refractivity contribution in [2.24, 2.45) is 17.3 Å². The molecule has 0 aromatic carbocycles. The lowest BCUT2D eigenvalue weighted by Crippen LogP contribution is -2.52. The summed E-state index contributed by atoms with van der Waals surface area (Å²) in [5, 5.41) is 13.0. The van der Waals surface area contributed by atoms with Crippen LogP contribution in [-0.4, -0.2) is 35.0 Å². The number of amides is 2. The van der Waals surface area contributed by atoms with Gasteiger partial charge in [-0.1, -0.05) is 31.6 Å². The van der Waals surface area contributed by atoms with E-state index in [9.17, 15) is 19.5 Å². The maximum Gasteiger partial charge on any atom is 0.348 e. The van der Waals surface area contributed by atoms with Crippen molar-refractivity contribution < 1.29 is 19.5 Å². The lowest BCUT2D eigenvalue weighted by Gasteiger charge is -2.34.